The van der Waals surface area contributed by atoms with Gasteiger partial charge in [-0.05, 0) is 44.0 Å². The molecular formula is C25H24ClFN6O3S. The van der Waals surface area contributed by atoms with Gasteiger partial charge in [-0.15, -0.1) is 0 Å². The van der Waals surface area contributed by atoms with Crippen molar-refractivity contribution in [2.24, 2.45) is 0 Å². The number of piperazine rings is 1. The highest BCUT2D eigenvalue weighted by Gasteiger charge is 2.53. The Labute approximate surface area is 218 Å². The topological polar surface area (TPSA) is 119 Å². The number of ketones is 1. The van der Waals surface area contributed by atoms with Gasteiger partial charge in [0.25, 0.3) is 10.0 Å². The molecule has 2 aliphatic rings. The molecule has 1 saturated heterocycles. The molecule has 1 aliphatic heterocycles. The minimum Gasteiger partial charge on any atom is -0.347 e. The monoisotopic (exact) mass is 542 g/mol. The van der Waals surface area contributed by atoms with Gasteiger partial charge in [0.1, 0.15) is 5.84 Å². The van der Waals surface area contributed by atoms with Crippen LogP contribution >= 0.6 is 11.6 Å². The van der Waals surface area contributed by atoms with Gasteiger partial charge in [0, 0.05) is 25.2 Å². The van der Waals surface area contributed by atoms with Gasteiger partial charge in [0.05, 0.1) is 39.1 Å². The number of aromatic nitrogens is 2. The lowest BCUT2D eigenvalue weighted by molar-refractivity contribution is 0.101. The van der Waals surface area contributed by atoms with E-state index in [1.54, 1.807) is 18.2 Å². The molecule has 1 spiro atoms. The number of carbonyl (C=O) groups is 1. The Morgan fingerprint density at radius 2 is 1.78 bits per heavy atom. The minimum absolute atomic E-state index is 0.0125. The third-order valence-electron chi connectivity index (χ3n) is 6.70. The summed E-state index contributed by atoms with van der Waals surface area (Å²) in [5.41, 5.74) is 0.536. The van der Waals surface area contributed by atoms with Crippen molar-refractivity contribution in [1.82, 2.24) is 14.9 Å². The molecule has 9 nitrogen and oxygen atoms in total. The van der Waals surface area contributed by atoms with E-state index >= 15 is 0 Å². The summed E-state index contributed by atoms with van der Waals surface area (Å²) in [7, 11) is -4.01. The molecule has 12 heteroatoms. The van der Waals surface area contributed by atoms with Crippen LogP contribution in [-0.4, -0.2) is 60.1 Å². The van der Waals surface area contributed by atoms with Gasteiger partial charge in [-0.1, -0.05) is 29.8 Å². The number of hydrogen-bond acceptors (Lipinski definition) is 7. The number of Topliss-reactive ketones (excluding diaryl/α,β-unsaturated/α-hetero) is 1. The second-order valence-corrected chi connectivity index (χ2v) is 11.3. The number of carbonyl (C=O) groups excluding carboxylic acids is 1. The first-order valence-corrected chi connectivity index (χ1v) is 13.5. The summed E-state index contributed by atoms with van der Waals surface area (Å²) >= 11 is 6.52. The molecule has 5 rings (SSSR count). The molecule has 37 heavy (non-hydrogen) atoms. The maximum Gasteiger partial charge on any atom is 0.261 e. The molecule has 0 amide bonds. The number of amidine groups is 1. The summed E-state index contributed by atoms with van der Waals surface area (Å²) in [6, 6.07) is 10.5. The molecule has 2 fully saturated rings. The van der Waals surface area contributed by atoms with E-state index in [1.807, 2.05) is 9.80 Å². The van der Waals surface area contributed by atoms with Crippen molar-refractivity contribution in [1.29, 1.82) is 5.41 Å². The number of rotatable bonds is 6. The number of nitrogens with one attached hydrogen (secondary N) is 2. The Hall–Kier alpha value is -3.57. The molecule has 1 aliphatic carbocycles. The standard InChI is InChI=1S/C25H24ClFN6O3S/c1-16(34)17-5-7-19(8-6-17)37(35,36)31-21-4-2-3-20(26)22(21)23(28)33-12-11-32(15-25(33)9-10-25)24-29-13-18(27)14-30-24/h2-8,13-14,28,31H,9-12,15H2,1H3. The fourth-order valence-corrected chi connectivity index (χ4v) is 5.93. The number of halogens is 2. The lowest BCUT2D eigenvalue weighted by Gasteiger charge is -2.43. The number of anilines is 2. The first-order chi connectivity index (χ1) is 17.6. The van der Waals surface area contributed by atoms with Crippen molar-refractivity contribution in [3.05, 3.63) is 76.8 Å². The molecule has 2 aromatic carbocycles. The third kappa shape index (κ3) is 4.88. The number of hydrogen-bond donors (Lipinski definition) is 2. The van der Waals surface area contributed by atoms with Crippen LogP contribution in [0.4, 0.5) is 16.0 Å². The summed E-state index contributed by atoms with van der Waals surface area (Å²) in [5.74, 6) is -0.121. The quantitative estimate of drug-likeness (QED) is 0.275. The van der Waals surface area contributed by atoms with E-state index in [0.717, 1.165) is 25.2 Å². The van der Waals surface area contributed by atoms with Gasteiger partial charge in [-0.3, -0.25) is 14.9 Å². The summed E-state index contributed by atoms with van der Waals surface area (Å²) in [6.07, 6.45) is 3.93. The van der Waals surface area contributed by atoms with Crippen LogP contribution in [0, 0.1) is 11.2 Å². The molecule has 1 saturated carbocycles. The number of benzene rings is 2. The van der Waals surface area contributed by atoms with E-state index in [2.05, 4.69) is 14.7 Å². The average Bonchev–Trinajstić information content (AvgIpc) is 3.63. The smallest absolute Gasteiger partial charge is 0.261 e. The molecule has 3 aromatic rings. The van der Waals surface area contributed by atoms with Crippen molar-refractivity contribution in [2.75, 3.05) is 29.3 Å². The van der Waals surface area contributed by atoms with Crippen LogP contribution < -0.4 is 9.62 Å². The molecule has 1 aromatic heterocycles. The first kappa shape index (κ1) is 25.1. The second kappa shape index (κ2) is 9.38. The third-order valence-corrected chi connectivity index (χ3v) is 8.40. The Morgan fingerprint density at radius 3 is 2.41 bits per heavy atom. The van der Waals surface area contributed by atoms with Gasteiger partial charge < -0.3 is 9.80 Å². The lowest BCUT2D eigenvalue weighted by atomic mass is 10.1. The fourth-order valence-electron chi connectivity index (χ4n) is 4.60. The number of nitrogens with zero attached hydrogens (tertiary/aromatic N) is 4. The largest absolute Gasteiger partial charge is 0.347 e. The molecule has 0 atom stereocenters. The van der Waals surface area contributed by atoms with E-state index in [0.29, 0.717) is 31.1 Å². The highest BCUT2D eigenvalue weighted by Crippen LogP contribution is 2.46. The molecule has 0 unspecified atom stereocenters. The van der Waals surface area contributed by atoms with Gasteiger partial charge in [0.15, 0.2) is 11.6 Å². The van der Waals surface area contributed by atoms with Crippen LogP contribution in [0.5, 0.6) is 0 Å². The summed E-state index contributed by atoms with van der Waals surface area (Å²) < 4.78 is 42.1. The van der Waals surface area contributed by atoms with Crippen LogP contribution in [0.25, 0.3) is 0 Å². The fraction of sp³-hybridized carbons (Fsp3) is 0.280. The van der Waals surface area contributed by atoms with Gasteiger partial charge in [-0.2, -0.15) is 0 Å². The van der Waals surface area contributed by atoms with Gasteiger partial charge in [0.2, 0.25) is 5.95 Å². The van der Waals surface area contributed by atoms with E-state index in [-0.39, 0.29) is 38.3 Å². The molecule has 0 radical (unpaired) electrons. The Morgan fingerprint density at radius 1 is 1.11 bits per heavy atom. The predicted molar refractivity (Wildman–Crippen MR) is 138 cm³/mol. The van der Waals surface area contributed by atoms with E-state index in [4.69, 9.17) is 17.0 Å². The normalized spacial score (nSPS) is 16.5. The van der Waals surface area contributed by atoms with Crippen molar-refractivity contribution < 1.29 is 17.6 Å². The molecule has 192 valence electrons. The van der Waals surface area contributed by atoms with Crippen LogP contribution in [0.15, 0.2) is 59.8 Å². The van der Waals surface area contributed by atoms with Gasteiger partial charge in [-0.25, -0.2) is 22.8 Å². The predicted octanol–water partition coefficient (Wildman–Crippen LogP) is 3.95. The Bertz CT molecular complexity index is 1480. The zero-order valence-electron chi connectivity index (χ0n) is 19.9. The van der Waals surface area contributed by atoms with Crippen LogP contribution in [0.2, 0.25) is 5.02 Å². The van der Waals surface area contributed by atoms with Crippen LogP contribution in [0.3, 0.4) is 0 Å². The Balaban J connectivity index is 1.40. The highest BCUT2D eigenvalue weighted by molar-refractivity contribution is 7.92. The Kier molecular flexibility index (Phi) is 6.36. The van der Waals surface area contributed by atoms with E-state index < -0.39 is 15.8 Å². The van der Waals surface area contributed by atoms with E-state index in [1.165, 1.54) is 31.2 Å². The minimum atomic E-state index is -4.01. The van der Waals surface area contributed by atoms with Crippen molar-refractivity contribution in [2.45, 2.75) is 30.2 Å². The maximum absolute atomic E-state index is 13.3. The highest BCUT2D eigenvalue weighted by atomic mass is 35.5. The zero-order valence-corrected chi connectivity index (χ0v) is 21.5. The van der Waals surface area contributed by atoms with Crippen LogP contribution in [0.1, 0.15) is 35.7 Å². The van der Waals surface area contributed by atoms with Crippen molar-refractivity contribution >= 4 is 44.9 Å². The summed E-state index contributed by atoms with van der Waals surface area (Å²) in [6.45, 7) is 2.92. The molecule has 2 N–H and O–H groups in total. The molecular weight excluding hydrogens is 519 g/mol. The zero-order chi connectivity index (χ0) is 26.4. The summed E-state index contributed by atoms with van der Waals surface area (Å²) in [5, 5.41) is 9.31. The van der Waals surface area contributed by atoms with Gasteiger partial charge >= 0.3 is 0 Å². The van der Waals surface area contributed by atoms with Crippen molar-refractivity contribution in [3.63, 3.8) is 0 Å². The molecule has 0 bridgehead atoms. The van der Waals surface area contributed by atoms with Crippen LogP contribution in [-0.2, 0) is 10.0 Å². The lowest BCUT2D eigenvalue weighted by Crippen LogP contribution is -2.57. The molecule has 2 heterocycles. The maximum atomic E-state index is 13.3. The first-order valence-electron chi connectivity index (χ1n) is 11.6. The SMILES string of the molecule is CC(=O)c1ccc(S(=O)(=O)Nc2cccc(Cl)c2C(=N)N2CCN(c3ncc(F)cn3)CC23CC3)cc1. The summed E-state index contributed by atoms with van der Waals surface area (Å²) in [4.78, 5) is 23.6. The second-order valence-electron chi connectivity index (χ2n) is 9.20. The number of sulfonamides is 1. The average molecular weight is 543 g/mol. The van der Waals surface area contributed by atoms with Crippen molar-refractivity contribution in [3.8, 4) is 0 Å². The van der Waals surface area contributed by atoms with E-state index in [9.17, 15) is 17.6 Å².